The normalized spacial score (nSPS) is 12.0. The molecule has 0 aliphatic rings. The Morgan fingerprint density at radius 1 is 1.10 bits per heavy atom. The summed E-state index contributed by atoms with van der Waals surface area (Å²) in [5, 5.41) is 4.77. The van der Waals surface area contributed by atoms with Crippen LogP contribution in [0, 0.1) is 6.92 Å². The Hall–Kier alpha value is -1.38. The number of benzene rings is 2. The minimum atomic E-state index is 0.122. The average Bonchev–Trinajstić information content (AvgIpc) is 2.46. The molecule has 0 saturated heterocycles. The number of hydrogen-bond acceptors (Lipinski definition) is 2. The first-order valence-corrected chi connectivity index (χ1v) is 7.71. The number of anilines is 1. The van der Waals surface area contributed by atoms with Crippen LogP contribution in [0.2, 0.25) is 10.0 Å². The molecule has 0 aliphatic carbocycles. The van der Waals surface area contributed by atoms with Crippen molar-refractivity contribution in [2.45, 2.75) is 26.8 Å². The Morgan fingerprint density at radius 3 is 2.38 bits per heavy atom. The van der Waals surface area contributed by atoms with Gasteiger partial charge in [0.15, 0.2) is 0 Å². The van der Waals surface area contributed by atoms with Crippen molar-refractivity contribution in [3.63, 3.8) is 0 Å². The van der Waals surface area contributed by atoms with Crippen molar-refractivity contribution in [2.75, 3.05) is 11.9 Å². The molecule has 2 aromatic rings. The summed E-state index contributed by atoms with van der Waals surface area (Å²) in [7, 11) is 0. The summed E-state index contributed by atoms with van der Waals surface area (Å²) in [5.74, 6) is 0.880. The largest absolute Gasteiger partial charge is 0.494 e. The van der Waals surface area contributed by atoms with Gasteiger partial charge in [0.1, 0.15) is 5.75 Å². The molecule has 0 fully saturated rings. The predicted molar refractivity (Wildman–Crippen MR) is 90.8 cm³/mol. The highest BCUT2D eigenvalue weighted by molar-refractivity contribution is 6.35. The van der Waals surface area contributed by atoms with Crippen molar-refractivity contribution in [1.29, 1.82) is 0 Å². The van der Waals surface area contributed by atoms with E-state index in [2.05, 4.69) is 12.2 Å². The zero-order chi connectivity index (χ0) is 15.4. The van der Waals surface area contributed by atoms with Gasteiger partial charge in [-0.3, -0.25) is 0 Å². The zero-order valence-corrected chi connectivity index (χ0v) is 13.9. The minimum absolute atomic E-state index is 0.122. The third-order valence-electron chi connectivity index (χ3n) is 3.31. The topological polar surface area (TPSA) is 21.3 Å². The van der Waals surface area contributed by atoms with Gasteiger partial charge in [0.2, 0.25) is 0 Å². The molecular formula is C17H19Cl2NO. The number of nitrogens with one attached hydrogen (secondary N) is 1. The lowest BCUT2D eigenvalue weighted by Gasteiger charge is -2.18. The standard InChI is InChI=1S/C17H19Cl2NO/c1-4-21-14-7-5-13(6-8-14)12(3)20-17-10-15(18)11(2)9-16(17)19/h5-10,12,20H,4H2,1-3H3. The van der Waals surface area contributed by atoms with Crippen LogP contribution in [0.5, 0.6) is 5.75 Å². The Balaban J connectivity index is 2.14. The molecule has 0 heterocycles. The summed E-state index contributed by atoms with van der Waals surface area (Å²) in [6.45, 7) is 6.67. The van der Waals surface area contributed by atoms with Gasteiger partial charge in [-0.15, -0.1) is 0 Å². The van der Waals surface area contributed by atoms with Crippen molar-refractivity contribution < 1.29 is 4.74 Å². The fourth-order valence-corrected chi connectivity index (χ4v) is 2.53. The number of halogens is 2. The quantitative estimate of drug-likeness (QED) is 0.742. The SMILES string of the molecule is CCOc1ccc(C(C)Nc2cc(Cl)c(C)cc2Cl)cc1. The zero-order valence-electron chi connectivity index (χ0n) is 12.4. The highest BCUT2D eigenvalue weighted by Gasteiger charge is 2.10. The van der Waals surface area contributed by atoms with E-state index in [0.717, 1.165) is 22.6 Å². The first-order valence-electron chi connectivity index (χ1n) is 6.96. The number of ether oxygens (including phenoxy) is 1. The highest BCUT2D eigenvalue weighted by Crippen LogP contribution is 2.31. The molecule has 0 spiro atoms. The minimum Gasteiger partial charge on any atom is -0.494 e. The van der Waals surface area contributed by atoms with Crippen LogP contribution in [0.1, 0.15) is 31.0 Å². The van der Waals surface area contributed by atoms with Gasteiger partial charge in [0.05, 0.1) is 17.3 Å². The van der Waals surface area contributed by atoms with E-state index in [1.54, 1.807) is 0 Å². The third-order valence-corrected chi connectivity index (χ3v) is 4.03. The van der Waals surface area contributed by atoms with Crippen LogP contribution in [0.25, 0.3) is 0 Å². The van der Waals surface area contributed by atoms with Crippen LogP contribution in [-0.2, 0) is 0 Å². The van der Waals surface area contributed by atoms with Gasteiger partial charge in [-0.25, -0.2) is 0 Å². The monoisotopic (exact) mass is 323 g/mol. The maximum Gasteiger partial charge on any atom is 0.119 e. The fraction of sp³-hybridized carbons (Fsp3) is 0.294. The van der Waals surface area contributed by atoms with E-state index < -0.39 is 0 Å². The second kappa shape index (κ2) is 7.06. The van der Waals surface area contributed by atoms with Gasteiger partial charge in [-0.2, -0.15) is 0 Å². The summed E-state index contributed by atoms with van der Waals surface area (Å²) >= 11 is 12.4. The van der Waals surface area contributed by atoms with Gasteiger partial charge in [0, 0.05) is 11.1 Å². The van der Waals surface area contributed by atoms with Gasteiger partial charge < -0.3 is 10.1 Å². The Labute approximate surface area is 136 Å². The molecule has 0 aromatic heterocycles. The van der Waals surface area contributed by atoms with Gasteiger partial charge in [-0.1, -0.05) is 35.3 Å². The lowest BCUT2D eigenvalue weighted by Crippen LogP contribution is -2.07. The van der Waals surface area contributed by atoms with Crippen molar-refractivity contribution in [3.05, 3.63) is 57.6 Å². The molecule has 0 amide bonds. The van der Waals surface area contributed by atoms with Crippen LogP contribution >= 0.6 is 23.2 Å². The van der Waals surface area contributed by atoms with Crippen molar-refractivity contribution in [3.8, 4) is 5.75 Å². The summed E-state index contributed by atoms with van der Waals surface area (Å²) in [6.07, 6.45) is 0. The van der Waals surface area contributed by atoms with Crippen molar-refractivity contribution in [1.82, 2.24) is 0 Å². The highest BCUT2D eigenvalue weighted by atomic mass is 35.5. The van der Waals surface area contributed by atoms with E-state index in [-0.39, 0.29) is 6.04 Å². The van der Waals surface area contributed by atoms with E-state index in [1.165, 1.54) is 0 Å². The first-order chi connectivity index (χ1) is 10.0. The molecule has 1 unspecified atom stereocenters. The molecule has 0 radical (unpaired) electrons. The second-order valence-electron chi connectivity index (χ2n) is 4.95. The predicted octanol–water partition coefficient (Wildman–Crippen LogP) is 5.87. The van der Waals surface area contributed by atoms with E-state index in [9.17, 15) is 0 Å². The number of hydrogen-bond donors (Lipinski definition) is 1. The van der Waals surface area contributed by atoms with Crippen LogP contribution in [0.3, 0.4) is 0 Å². The number of aryl methyl sites for hydroxylation is 1. The summed E-state index contributed by atoms with van der Waals surface area (Å²) in [5.41, 5.74) is 2.97. The van der Waals surface area contributed by atoms with Crippen LogP contribution in [0.4, 0.5) is 5.69 Å². The molecule has 21 heavy (non-hydrogen) atoms. The Kier molecular flexibility index (Phi) is 5.38. The molecule has 1 N–H and O–H groups in total. The van der Waals surface area contributed by atoms with Crippen LogP contribution in [-0.4, -0.2) is 6.61 Å². The van der Waals surface area contributed by atoms with Gasteiger partial charge in [0.25, 0.3) is 0 Å². The molecular weight excluding hydrogens is 305 g/mol. The van der Waals surface area contributed by atoms with Gasteiger partial charge in [-0.05, 0) is 56.2 Å². The fourth-order valence-electron chi connectivity index (χ4n) is 2.09. The lowest BCUT2D eigenvalue weighted by molar-refractivity contribution is 0.340. The lowest BCUT2D eigenvalue weighted by atomic mass is 10.1. The van der Waals surface area contributed by atoms with Crippen molar-refractivity contribution >= 4 is 28.9 Å². The summed E-state index contributed by atoms with van der Waals surface area (Å²) in [6, 6.07) is 11.9. The summed E-state index contributed by atoms with van der Waals surface area (Å²) < 4.78 is 5.45. The van der Waals surface area contributed by atoms with Crippen LogP contribution in [0.15, 0.2) is 36.4 Å². The molecule has 112 valence electrons. The van der Waals surface area contributed by atoms with Gasteiger partial charge >= 0.3 is 0 Å². The first kappa shape index (κ1) is 16.0. The molecule has 4 heteroatoms. The molecule has 2 rings (SSSR count). The third kappa shape index (κ3) is 4.05. The molecule has 0 bridgehead atoms. The van der Waals surface area contributed by atoms with Crippen molar-refractivity contribution in [2.24, 2.45) is 0 Å². The number of rotatable bonds is 5. The van der Waals surface area contributed by atoms with E-state index in [4.69, 9.17) is 27.9 Å². The molecule has 2 nitrogen and oxygen atoms in total. The molecule has 0 aliphatic heterocycles. The summed E-state index contributed by atoms with van der Waals surface area (Å²) in [4.78, 5) is 0. The maximum atomic E-state index is 6.26. The molecule has 0 saturated carbocycles. The average molecular weight is 324 g/mol. The Bertz CT molecular complexity index is 611. The van der Waals surface area contributed by atoms with E-state index >= 15 is 0 Å². The molecule has 1 atom stereocenters. The van der Waals surface area contributed by atoms with Crippen LogP contribution < -0.4 is 10.1 Å². The molecule has 2 aromatic carbocycles. The van der Waals surface area contributed by atoms with E-state index in [0.29, 0.717) is 16.7 Å². The second-order valence-corrected chi connectivity index (χ2v) is 5.76. The van der Waals surface area contributed by atoms with E-state index in [1.807, 2.05) is 50.2 Å². The Morgan fingerprint density at radius 2 is 1.76 bits per heavy atom. The maximum absolute atomic E-state index is 6.26. The smallest absolute Gasteiger partial charge is 0.119 e.